The largest absolute Gasteiger partial charge is 0.306 e. The normalized spacial score (nSPS) is 24.4. The molecule has 1 spiro atoms. The molecule has 2 saturated heterocycles. The molecule has 2 rings (SSSR count). The molecule has 0 aromatic rings. The van der Waals surface area contributed by atoms with Crippen molar-refractivity contribution in [1.29, 1.82) is 0 Å². The minimum absolute atomic E-state index is 0.505. The van der Waals surface area contributed by atoms with E-state index in [9.17, 15) is 0 Å². The number of nitrogens with zero attached hydrogens (tertiary/aromatic N) is 2. The predicted molar refractivity (Wildman–Crippen MR) is 81.9 cm³/mol. The molecule has 0 amide bonds. The maximum atomic E-state index is 2.59. The molecule has 2 heterocycles. The second kappa shape index (κ2) is 9.23. The molecule has 0 N–H and O–H groups in total. The van der Waals surface area contributed by atoms with E-state index in [4.69, 9.17) is 0 Å². The van der Waals surface area contributed by atoms with Gasteiger partial charge in [0, 0.05) is 13.1 Å². The Morgan fingerprint density at radius 1 is 0.882 bits per heavy atom. The molecule has 0 aromatic heterocycles. The standard InChI is InChI=1S/C10H20N2S.2C2H6/c1-11-7-4-10(5-8-11)12(2)6-3-9-13-10;2*1-2/h3-9H2,1-2H3;2*1-2H3. The van der Waals surface area contributed by atoms with Gasteiger partial charge in [0.1, 0.15) is 0 Å². The molecule has 3 heteroatoms. The number of piperidine rings is 1. The van der Waals surface area contributed by atoms with Gasteiger partial charge in [-0.3, -0.25) is 4.90 Å². The molecule has 0 radical (unpaired) electrons. The van der Waals surface area contributed by atoms with Crippen molar-refractivity contribution < 1.29 is 0 Å². The van der Waals surface area contributed by atoms with E-state index in [0.717, 1.165) is 0 Å². The summed E-state index contributed by atoms with van der Waals surface area (Å²) >= 11 is 2.20. The van der Waals surface area contributed by atoms with Crippen LogP contribution in [0.4, 0.5) is 0 Å². The van der Waals surface area contributed by atoms with Crippen LogP contribution in [0.3, 0.4) is 0 Å². The average Bonchev–Trinajstić information content (AvgIpc) is 2.41. The van der Waals surface area contributed by atoms with Crippen molar-refractivity contribution in [3.63, 3.8) is 0 Å². The van der Waals surface area contributed by atoms with E-state index in [2.05, 4.69) is 35.7 Å². The number of hydrogen-bond donors (Lipinski definition) is 0. The van der Waals surface area contributed by atoms with Crippen LogP contribution < -0.4 is 0 Å². The molecule has 104 valence electrons. The third-order valence-corrected chi connectivity index (χ3v) is 5.22. The maximum Gasteiger partial charge on any atom is 0.0692 e. The van der Waals surface area contributed by atoms with Crippen LogP contribution >= 0.6 is 11.8 Å². The zero-order valence-electron chi connectivity index (χ0n) is 12.8. The van der Waals surface area contributed by atoms with Crippen molar-refractivity contribution in [2.45, 2.75) is 51.8 Å². The Bertz CT molecular complexity index is 177. The first-order valence-electron chi connectivity index (χ1n) is 7.27. The van der Waals surface area contributed by atoms with Crippen LogP contribution in [0.15, 0.2) is 0 Å². The fourth-order valence-corrected chi connectivity index (χ4v) is 3.81. The summed E-state index contributed by atoms with van der Waals surface area (Å²) in [5.41, 5.74) is 0. The van der Waals surface area contributed by atoms with Crippen molar-refractivity contribution in [3.05, 3.63) is 0 Å². The first-order chi connectivity index (χ1) is 8.23. The SMILES string of the molecule is CC.CC.CN1CCC2(CC1)SCCCN2C. The highest BCUT2D eigenvalue weighted by Gasteiger charge is 2.39. The highest BCUT2D eigenvalue weighted by atomic mass is 32.2. The number of hydrogen-bond acceptors (Lipinski definition) is 3. The van der Waals surface area contributed by atoms with Gasteiger partial charge in [-0.05, 0) is 45.7 Å². The third kappa shape index (κ3) is 4.80. The van der Waals surface area contributed by atoms with Gasteiger partial charge in [0.25, 0.3) is 0 Å². The van der Waals surface area contributed by atoms with E-state index >= 15 is 0 Å². The lowest BCUT2D eigenvalue weighted by molar-refractivity contribution is 0.114. The lowest BCUT2D eigenvalue weighted by Gasteiger charge is -2.48. The summed E-state index contributed by atoms with van der Waals surface area (Å²) in [5, 5.41) is 0. The summed E-state index contributed by atoms with van der Waals surface area (Å²) < 4.78 is 0. The minimum Gasteiger partial charge on any atom is -0.306 e. The maximum absolute atomic E-state index is 2.59. The Morgan fingerprint density at radius 2 is 1.41 bits per heavy atom. The van der Waals surface area contributed by atoms with Crippen LogP contribution in [-0.2, 0) is 0 Å². The summed E-state index contributed by atoms with van der Waals surface area (Å²) in [6.07, 6.45) is 4.08. The van der Waals surface area contributed by atoms with Crippen molar-refractivity contribution in [1.82, 2.24) is 9.80 Å². The molecule has 0 aliphatic carbocycles. The van der Waals surface area contributed by atoms with Crippen molar-refractivity contribution in [2.24, 2.45) is 0 Å². The Hall–Kier alpha value is 0.270. The van der Waals surface area contributed by atoms with E-state index in [1.54, 1.807) is 0 Å². The second-order valence-corrected chi connectivity index (χ2v) is 5.83. The van der Waals surface area contributed by atoms with Crippen molar-refractivity contribution in [3.8, 4) is 0 Å². The van der Waals surface area contributed by atoms with Gasteiger partial charge in [0.05, 0.1) is 4.87 Å². The molecule has 2 fully saturated rings. The van der Waals surface area contributed by atoms with Crippen LogP contribution in [0, 0.1) is 0 Å². The summed E-state index contributed by atoms with van der Waals surface area (Å²) in [4.78, 5) is 5.55. The Kier molecular flexibility index (Phi) is 9.38. The topological polar surface area (TPSA) is 6.48 Å². The first kappa shape index (κ1) is 17.3. The van der Waals surface area contributed by atoms with E-state index in [1.807, 2.05) is 27.7 Å². The van der Waals surface area contributed by atoms with E-state index < -0.39 is 0 Å². The summed E-state index contributed by atoms with van der Waals surface area (Å²) in [7, 11) is 4.54. The summed E-state index contributed by atoms with van der Waals surface area (Å²) in [6, 6.07) is 0. The molecular formula is C14H32N2S. The molecule has 17 heavy (non-hydrogen) atoms. The fraction of sp³-hybridized carbons (Fsp3) is 1.00. The lowest BCUT2D eigenvalue weighted by Crippen LogP contribution is -2.53. The average molecular weight is 260 g/mol. The quantitative estimate of drug-likeness (QED) is 0.658. The number of thioether (sulfide) groups is 1. The van der Waals surface area contributed by atoms with Gasteiger partial charge >= 0.3 is 0 Å². The van der Waals surface area contributed by atoms with Crippen LogP contribution in [0.5, 0.6) is 0 Å². The van der Waals surface area contributed by atoms with Crippen LogP contribution in [0.1, 0.15) is 47.0 Å². The smallest absolute Gasteiger partial charge is 0.0692 e. The number of rotatable bonds is 0. The van der Waals surface area contributed by atoms with Gasteiger partial charge in [0.15, 0.2) is 0 Å². The van der Waals surface area contributed by atoms with Crippen molar-refractivity contribution >= 4 is 11.8 Å². The number of likely N-dealkylation sites (tertiary alicyclic amines) is 1. The van der Waals surface area contributed by atoms with Crippen LogP contribution in [0.25, 0.3) is 0 Å². The van der Waals surface area contributed by atoms with Gasteiger partial charge in [-0.2, -0.15) is 0 Å². The molecule has 2 aliphatic rings. The second-order valence-electron chi connectivity index (χ2n) is 4.37. The van der Waals surface area contributed by atoms with Crippen LogP contribution in [-0.4, -0.2) is 54.2 Å². The highest BCUT2D eigenvalue weighted by molar-refractivity contribution is 8.00. The summed E-state index contributed by atoms with van der Waals surface area (Å²) in [5.74, 6) is 1.37. The Labute approximate surface area is 113 Å². The van der Waals surface area contributed by atoms with Crippen LogP contribution in [0.2, 0.25) is 0 Å². The molecule has 0 bridgehead atoms. The van der Waals surface area contributed by atoms with E-state index in [0.29, 0.717) is 4.87 Å². The van der Waals surface area contributed by atoms with Gasteiger partial charge in [-0.25, -0.2) is 0 Å². The Morgan fingerprint density at radius 3 is 1.88 bits per heavy atom. The zero-order chi connectivity index (χ0) is 13.3. The molecule has 0 unspecified atom stereocenters. The van der Waals surface area contributed by atoms with E-state index in [1.165, 1.54) is 44.6 Å². The monoisotopic (exact) mass is 260 g/mol. The van der Waals surface area contributed by atoms with Gasteiger partial charge < -0.3 is 4.90 Å². The highest BCUT2D eigenvalue weighted by Crippen LogP contribution is 2.41. The molecule has 2 nitrogen and oxygen atoms in total. The van der Waals surface area contributed by atoms with Gasteiger partial charge in [-0.1, -0.05) is 27.7 Å². The Balaban J connectivity index is 0.000000581. The molecule has 0 saturated carbocycles. The first-order valence-corrected chi connectivity index (χ1v) is 8.25. The lowest BCUT2D eigenvalue weighted by atomic mass is 10.0. The molecule has 0 atom stereocenters. The summed E-state index contributed by atoms with van der Waals surface area (Å²) in [6.45, 7) is 11.9. The van der Waals surface area contributed by atoms with Crippen molar-refractivity contribution in [2.75, 3.05) is 39.5 Å². The van der Waals surface area contributed by atoms with E-state index in [-0.39, 0.29) is 0 Å². The van der Waals surface area contributed by atoms with Gasteiger partial charge in [0.2, 0.25) is 0 Å². The fourth-order valence-electron chi connectivity index (χ4n) is 2.37. The van der Waals surface area contributed by atoms with Gasteiger partial charge in [-0.15, -0.1) is 11.8 Å². The molecule has 0 aromatic carbocycles. The zero-order valence-corrected chi connectivity index (χ0v) is 13.6. The molecule has 2 aliphatic heterocycles. The molecular weight excluding hydrogens is 228 g/mol. The minimum atomic E-state index is 0.505. The third-order valence-electron chi connectivity index (χ3n) is 3.47. The predicted octanol–water partition coefficient (Wildman–Crippen LogP) is 3.53.